The molecule has 0 saturated heterocycles. The summed E-state index contributed by atoms with van der Waals surface area (Å²) >= 11 is -6.56. The molecule has 0 atom stereocenters. The molecule has 0 aliphatic heterocycles. The maximum absolute atomic E-state index is 5.03. The second-order valence-corrected chi connectivity index (χ2v) is 51.6. The number of hydrogen-bond donors (Lipinski definition) is 0. The summed E-state index contributed by atoms with van der Waals surface area (Å²) in [4.78, 5) is 0. The monoisotopic (exact) mass is 648 g/mol. The van der Waals surface area contributed by atoms with Gasteiger partial charge in [0.1, 0.15) is 0 Å². The number of hydrogen-bond acceptors (Lipinski definition) is 0. The molecule has 0 aromatic carbocycles. The first-order valence-corrected chi connectivity index (χ1v) is 30.3. The molecule has 10 heavy (non-hydrogen) atoms. The minimum atomic E-state index is -3.28. The predicted molar refractivity (Wildman–Crippen MR) is 46.8 cm³/mol. The van der Waals surface area contributed by atoms with Crippen molar-refractivity contribution in [2.75, 3.05) is 0 Å². The molecule has 0 radical (unpaired) electrons. The van der Waals surface area contributed by atoms with E-state index in [1.54, 1.807) is 0 Å². The van der Waals surface area contributed by atoms with Gasteiger partial charge < -0.3 is 0 Å². The van der Waals surface area contributed by atoms with Crippen LogP contribution < -0.4 is 0 Å². The van der Waals surface area contributed by atoms with E-state index in [0.29, 0.717) is 0 Å². The van der Waals surface area contributed by atoms with Crippen LogP contribution >= 0.6 is 75.3 Å². The van der Waals surface area contributed by atoms with Crippen molar-refractivity contribution < 1.29 is 23.8 Å². The van der Waals surface area contributed by atoms with E-state index in [-0.39, 0.29) is 0 Å². The van der Waals surface area contributed by atoms with Gasteiger partial charge in [0, 0.05) is 0 Å². The van der Waals surface area contributed by atoms with Crippen LogP contribution in [0.5, 0.6) is 0 Å². The molecule has 0 aliphatic carbocycles. The van der Waals surface area contributed by atoms with Crippen LogP contribution in [0.25, 0.3) is 0 Å². The van der Waals surface area contributed by atoms with Crippen LogP contribution in [-0.4, -0.2) is 0 Å². The van der Waals surface area contributed by atoms with E-state index in [9.17, 15) is 0 Å². The summed E-state index contributed by atoms with van der Waals surface area (Å²) in [5.41, 5.74) is 0. The van der Waals surface area contributed by atoms with Crippen LogP contribution in [0, 0.1) is 0 Å². The van der Waals surface area contributed by atoms with Crippen LogP contribution in [0.3, 0.4) is 0 Å². The van der Waals surface area contributed by atoms with Crippen molar-refractivity contribution in [3.8, 4) is 0 Å². The molecule has 0 fully saturated rings. The molecule has 0 heterocycles. The molecule has 0 spiro atoms. The van der Waals surface area contributed by atoms with E-state index >= 15 is 0 Å². The zero-order valence-electron chi connectivity index (χ0n) is 3.84. The Bertz CT molecular complexity index is 50.2. The second-order valence-electron chi connectivity index (χ2n) is 0.700. The van der Waals surface area contributed by atoms with Gasteiger partial charge >= 0.3 is 99.1 Å². The van der Waals surface area contributed by atoms with Crippen LogP contribution in [0.2, 0.25) is 0 Å². The molecule has 0 unspecified atom stereocenters. The van der Waals surface area contributed by atoms with Crippen molar-refractivity contribution in [2.24, 2.45) is 0 Å². The molecular weight excluding hydrogens is 651 g/mol. The molecule has 0 aliphatic rings. The normalized spacial score (nSPS) is 15.2. The maximum atomic E-state index is 5.03. The van der Waals surface area contributed by atoms with Gasteiger partial charge in [-0.15, -0.1) is 0 Å². The third-order valence-electron chi connectivity index (χ3n) is 0. The van der Waals surface area contributed by atoms with Gasteiger partial charge in [-0.3, -0.25) is 0 Å². The average Bonchev–Trinajstić information content (AvgIpc) is 1.12. The van der Waals surface area contributed by atoms with Gasteiger partial charge in [-0.2, -0.15) is 0 Å². The summed E-state index contributed by atoms with van der Waals surface area (Å²) in [5, 5.41) is 0. The number of halogens is 8. The summed E-state index contributed by atoms with van der Waals surface area (Å²) in [7, 11) is 40.3. The fourth-order valence-electron chi connectivity index (χ4n) is 0. The second kappa shape index (κ2) is 7.05. The van der Waals surface area contributed by atoms with E-state index < -0.39 is 23.8 Å². The SMILES string of the molecule is [Cl][W]([Cl])([Cl])[Cl].[Cl][W]([Cl])([Cl])[Cl]. The van der Waals surface area contributed by atoms with E-state index in [4.69, 9.17) is 75.3 Å². The molecule has 0 rings (SSSR count). The zero-order valence-corrected chi connectivity index (χ0v) is 15.8. The average molecular weight is 651 g/mol. The summed E-state index contributed by atoms with van der Waals surface area (Å²) in [6, 6.07) is 0. The molecule has 0 nitrogen and oxygen atoms in total. The molecule has 0 saturated carbocycles. The molecular formula is Cl8W2. The van der Waals surface area contributed by atoms with E-state index in [0.717, 1.165) is 0 Å². The fourth-order valence-corrected chi connectivity index (χ4v) is 0. The Kier molecular flexibility index (Phi) is 11.4. The topological polar surface area (TPSA) is 0 Å². The standard InChI is InChI=1S/8ClH.2W/h8*1H;;/q;;;;;;;;2*+4/p-8. The van der Waals surface area contributed by atoms with Gasteiger partial charge in [0.2, 0.25) is 0 Å². The third kappa shape index (κ3) is 97.9. The van der Waals surface area contributed by atoms with Crippen molar-refractivity contribution in [3.05, 3.63) is 0 Å². The first-order chi connectivity index (χ1) is 4.00. The molecule has 0 aromatic heterocycles. The van der Waals surface area contributed by atoms with Gasteiger partial charge in [-0.05, 0) is 0 Å². The van der Waals surface area contributed by atoms with Crippen LogP contribution in [-0.2, 0) is 23.8 Å². The molecule has 10 heteroatoms. The van der Waals surface area contributed by atoms with Gasteiger partial charge in [0.05, 0.1) is 0 Å². The van der Waals surface area contributed by atoms with Crippen LogP contribution in [0.4, 0.5) is 0 Å². The Morgan fingerprint density at radius 1 is 0.400 bits per heavy atom. The van der Waals surface area contributed by atoms with Crippen molar-refractivity contribution >= 4 is 75.3 Å². The molecule has 0 bridgehead atoms. The first-order valence-electron chi connectivity index (χ1n) is 1.23. The fraction of sp³-hybridized carbons (Fsp3) is 0. The third-order valence-corrected chi connectivity index (χ3v) is 0. The Labute approximate surface area is 97.1 Å². The summed E-state index contributed by atoms with van der Waals surface area (Å²) in [6.07, 6.45) is 0. The Balaban J connectivity index is 0. The molecule has 0 amide bonds. The quantitative estimate of drug-likeness (QED) is 0.325. The van der Waals surface area contributed by atoms with Crippen LogP contribution in [0.15, 0.2) is 0 Å². The van der Waals surface area contributed by atoms with Crippen molar-refractivity contribution in [1.82, 2.24) is 0 Å². The first kappa shape index (κ1) is 16.1. The van der Waals surface area contributed by atoms with Crippen LogP contribution in [0.1, 0.15) is 0 Å². The van der Waals surface area contributed by atoms with Gasteiger partial charge in [0.25, 0.3) is 0 Å². The summed E-state index contributed by atoms with van der Waals surface area (Å²) < 4.78 is 0. The zero-order chi connectivity index (χ0) is 9.00. The molecule has 0 aromatic rings. The van der Waals surface area contributed by atoms with Crippen molar-refractivity contribution in [2.45, 2.75) is 0 Å². The van der Waals surface area contributed by atoms with Gasteiger partial charge in [-0.1, -0.05) is 0 Å². The van der Waals surface area contributed by atoms with E-state index in [2.05, 4.69) is 0 Å². The number of rotatable bonds is 0. The van der Waals surface area contributed by atoms with Crippen molar-refractivity contribution in [1.29, 1.82) is 0 Å². The van der Waals surface area contributed by atoms with Gasteiger partial charge in [0.15, 0.2) is 0 Å². The Morgan fingerprint density at radius 3 is 0.400 bits per heavy atom. The van der Waals surface area contributed by atoms with E-state index in [1.807, 2.05) is 0 Å². The van der Waals surface area contributed by atoms with Crippen molar-refractivity contribution in [3.63, 3.8) is 0 Å². The predicted octanol–water partition coefficient (Wildman–Crippen LogP) is 5.51. The Morgan fingerprint density at radius 2 is 0.400 bits per heavy atom. The summed E-state index contributed by atoms with van der Waals surface area (Å²) in [5.74, 6) is 0. The Hall–Kier alpha value is 3.70. The molecule has 0 N–H and O–H groups in total. The molecule has 68 valence electrons. The summed E-state index contributed by atoms with van der Waals surface area (Å²) in [6.45, 7) is 0. The van der Waals surface area contributed by atoms with E-state index in [1.165, 1.54) is 0 Å². The minimum absolute atomic E-state index is 3.28. The van der Waals surface area contributed by atoms with Gasteiger partial charge in [-0.25, -0.2) is 0 Å².